The number of carbonyl (C=O) groups is 2. The van der Waals surface area contributed by atoms with Crippen LogP contribution < -0.4 is 10.6 Å². The molecule has 0 radical (unpaired) electrons. The monoisotopic (exact) mass is 387 g/mol. The minimum Gasteiger partial charge on any atom is -0.343 e. The van der Waals surface area contributed by atoms with Crippen LogP contribution in [0.2, 0.25) is 0 Å². The maximum atomic E-state index is 13.7. The van der Waals surface area contributed by atoms with Gasteiger partial charge in [-0.1, -0.05) is 18.2 Å². The Morgan fingerprint density at radius 3 is 2.46 bits per heavy atom. The summed E-state index contributed by atoms with van der Waals surface area (Å²) in [6.45, 7) is 1.06. The number of urea groups is 1. The normalized spacial score (nSPS) is 14.6. The van der Waals surface area contributed by atoms with Crippen molar-refractivity contribution in [1.82, 2.24) is 10.2 Å². The summed E-state index contributed by atoms with van der Waals surface area (Å²) in [5, 5.41) is 5.69. The van der Waals surface area contributed by atoms with Gasteiger partial charge in [0.05, 0.1) is 0 Å². The van der Waals surface area contributed by atoms with Gasteiger partial charge in [0, 0.05) is 31.2 Å². The summed E-state index contributed by atoms with van der Waals surface area (Å²) < 4.78 is 26.9. The summed E-state index contributed by atoms with van der Waals surface area (Å²) in [6, 6.07) is 12.2. The molecule has 0 atom stereocenters. The average molecular weight is 387 g/mol. The molecule has 1 aliphatic rings. The third-order valence-electron chi connectivity index (χ3n) is 4.83. The SMILES string of the molecule is O=C(Nc1ccccc1)NC1CCN(C(=O)CCc2cc(F)ccc2F)CC1. The lowest BCUT2D eigenvalue weighted by molar-refractivity contribution is -0.132. The van der Waals surface area contributed by atoms with Gasteiger partial charge in [-0.2, -0.15) is 0 Å². The second kappa shape index (κ2) is 9.30. The van der Waals surface area contributed by atoms with Crippen LogP contribution in [0.5, 0.6) is 0 Å². The standard InChI is InChI=1S/C21H23F2N3O2/c22-16-7-8-19(23)15(14-16)6-9-20(27)26-12-10-18(11-13-26)25-21(28)24-17-4-2-1-3-5-17/h1-5,7-8,14,18H,6,9-13H2,(H2,24,25,28). The van der Waals surface area contributed by atoms with Crippen LogP contribution in [0.4, 0.5) is 19.3 Å². The van der Waals surface area contributed by atoms with E-state index in [1.807, 2.05) is 30.3 Å². The van der Waals surface area contributed by atoms with E-state index in [0.29, 0.717) is 25.9 Å². The fraction of sp³-hybridized carbons (Fsp3) is 0.333. The number of para-hydroxylation sites is 1. The molecule has 5 nitrogen and oxygen atoms in total. The van der Waals surface area contributed by atoms with E-state index in [-0.39, 0.29) is 36.4 Å². The van der Waals surface area contributed by atoms with E-state index < -0.39 is 11.6 Å². The fourth-order valence-electron chi connectivity index (χ4n) is 3.28. The number of amides is 3. The van der Waals surface area contributed by atoms with Gasteiger partial charge in [0.2, 0.25) is 5.91 Å². The number of nitrogens with one attached hydrogen (secondary N) is 2. The van der Waals surface area contributed by atoms with Crippen LogP contribution in [0.25, 0.3) is 0 Å². The zero-order valence-corrected chi connectivity index (χ0v) is 15.5. The summed E-state index contributed by atoms with van der Waals surface area (Å²) >= 11 is 0. The van der Waals surface area contributed by atoms with E-state index in [1.165, 1.54) is 0 Å². The first kappa shape index (κ1) is 19.8. The molecule has 1 fully saturated rings. The summed E-state index contributed by atoms with van der Waals surface area (Å²) in [5.74, 6) is -1.10. The minimum absolute atomic E-state index is 0.00609. The zero-order chi connectivity index (χ0) is 19.9. The molecule has 0 spiro atoms. The van der Waals surface area contributed by atoms with Crippen molar-refractivity contribution < 1.29 is 18.4 Å². The van der Waals surface area contributed by atoms with E-state index in [1.54, 1.807) is 4.90 Å². The highest BCUT2D eigenvalue weighted by molar-refractivity contribution is 5.89. The molecule has 28 heavy (non-hydrogen) atoms. The molecule has 148 valence electrons. The number of hydrogen-bond acceptors (Lipinski definition) is 2. The van der Waals surface area contributed by atoms with E-state index in [0.717, 1.165) is 23.9 Å². The van der Waals surface area contributed by atoms with Gasteiger partial charge in [-0.15, -0.1) is 0 Å². The predicted molar refractivity (Wildman–Crippen MR) is 103 cm³/mol. The molecule has 0 aromatic heterocycles. The van der Waals surface area contributed by atoms with Crippen molar-refractivity contribution in [2.24, 2.45) is 0 Å². The molecule has 2 aromatic carbocycles. The third-order valence-corrected chi connectivity index (χ3v) is 4.83. The lowest BCUT2D eigenvalue weighted by atomic mass is 10.0. The van der Waals surface area contributed by atoms with Crippen LogP contribution in [-0.2, 0) is 11.2 Å². The van der Waals surface area contributed by atoms with Crippen molar-refractivity contribution in [3.63, 3.8) is 0 Å². The van der Waals surface area contributed by atoms with Crippen LogP contribution in [0.15, 0.2) is 48.5 Å². The van der Waals surface area contributed by atoms with Crippen molar-refractivity contribution in [2.45, 2.75) is 31.7 Å². The van der Waals surface area contributed by atoms with Crippen LogP contribution in [0.1, 0.15) is 24.8 Å². The Labute approximate surface area is 162 Å². The Balaban J connectivity index is 1.41. The quantitative estimate of drug-likeness (QED) is 0.822. The largest absolute Gasteiger partial charge is 0.343 e. The molecule has 0 saturated carbocycles. The number of benzene rings is 2. The first-order chi connectivity index (χ1) is 13.5. The maximum absolute atomic E-state index is 13.7. The van der Waals surface area contributed by atoms with Crippen LogP contribution in [0.3, 0.4) is 0 Å². The first-order valence-electron chi connectivity index (χ1n) is 9.35. The molecule has 1 aliphatic heterocycles. The van der Waals surface area contributed by atoms with E-state index in [9.17, 15) is 18.4 Å². The number of nitrogens with zero attached hydrogens (tertiary/aromatic N) is 1. The van der Waals surface area contributed by atoms with E-state index >= 15 is 0 Å². The number of likely N-dealkylation sites (tertiary alicyclic amines) is 1. The number of aryl methyl sites for hydroxylation is 1. The minimum atomic E-state index is -0.510. The molecule has 1 saturated heterocycles. The number of anilines is 1. The number of halogens is 2. The van der Waals surface area contributed by atoms with Crippen molar-refractivity contribution >= 4 is 17.6 Å². The Bertz CT molecular complexity index is 822. The smallest absolute Gasteiger partial charge is 0.319 e. The highest BCUT2D eigenvalue weighted by atomic mass is 19.1. The van der Waals surface area contributed by atoms with E-state index in [4.69, 9.17) is 0 Å². The first-order valence-corrected chi connectivity index (χ1v) is 9.35. The number of piperidine rings is 1. The van der Waals surface area contributed by atoms with Gasteiger partial charge >= 0.3 is 6.03 Å². The Morgan fingerprint density at radius 1 is 1.04 bits per heavy atom. The van der Waals surface area contributed by atoms with Crippen LogP contribution >= 0.6 is 0 Å². The molecule has 3 rings (SSSR count). The van der Waals surface area contributed by atoms with Crippen LogP contribution in [0, 0.1) is 11.6 Å². The lowest BCUT2D eigenvalue weighted by Crippen LogP contribution is -2.47. The van der Waals surface area contributed by atoms with Crippen molar-refractivity contribution in [2.75, 3.05) is 18.4 Å². The van der Waals surface area contributed by atoms with Gasteiger partial charge in [-0.25, -0.2) is 13.6 Å². The molecule has 7 heteroatoms. The zero-order valence-electron chi connectivity index (χ0n) is 15.5. The third kappa shape index (κ3) is 5.52. The Hall–Kier alpha value is -2.96. The van der Waals surface area contributed by atoms with Gasteiger partial charge in [0.1, 0.15) is 11.6 Å². The van der Waals surface area contributed by atoms with Gasteiger partial charge in [0.15, 0.2) is 0 Å². The summed E-state index contributed by atoms with van der Waals surface area (Å²) in [4.78, 5) is 26.1. The second-order valence-corrected chi connectivity index (χ2v) is 6.86. The molecule has 2 N–H and O–H groups in total. The summed E-state index contributed by atoms with van der Waals surface area (Å²) in [5.41, 5.74) is 0.930. The second-order valence-electron chi connectivity index (χ2n) is 6.86. The maximum Gasteiger partial charge on any atom is 0.319 e. The van der Waals surface area contributed by atoms with Crippen molar-refractivity contribution in [3.05, 3.63) is 65.7 Å². The van der Waals surface area contributed by atoms with Crippen molar-refractivity contribution in [1.29, 1.82) is 0 Å². The Kier molecular flexibility index (Phi) is 6.57. The average Bonchev–Trinajstić information content (AvgIpc) is 2.69. The molecular formula is C21H23F2N3O2. The molecular weight excluding hydrogens is 364 g/mol. The summed E-state index contributed by atoms with van der Waals surface area (Å²) in [6.07, 6.45) is 1.61. The molecule has 3 amide bonds. The van der Waals surface area contributed by atoms with E-state index in [2.05, 4.69) is 10.6 Å². The molecule has 0 bridgehead atoms. The fourth-order valence-corrected chi connectivity index (χ4v) is 3.28. The van der Waals surface area contributed by atoms with Gasteiger partial charge in [-0.05, 0) is 55.2 Å². The summed E-state index contributed by atoms with van der Waals surface area (Å²) in [7, 11) is 0. The number of hydrogen-bond donors (Lipinski definition) is 2. The molecule has 2 aromatic rings. The number of rotatable bonds is 5. The van der Waals surface area contributed by atoms with Crippen molar-refractivity contribution in [3.8, 4) is 0 Å². The topological polar surface area (TPSA) is 61.4 Å². The van der Waals surface area contributed by atoms with Crippen LogP contribution in [-0.4, -0.2) is 36.0 Å². The highest BCUT2D eigenvalue weighted by Gasteiger charge is 2.24. The Morgan fingerprint density at radius 2 is 1.75 bits per heavy atom. The van der Waals surface area contributed by atoms with Gasteiger partial charge in [0.25, 0.3) is 0 Å². The molecule has 1 heterocycles. The predicted octanol–water partition coefficient (Wildman–Crippen LogP) is 3.71. The molecule has 0 aliphatic carbocycles. The lowest BCUT2D eigenvalue weighted by Gasteiger charge is -2.32. The number of carbonyl (C=O) groups excluding carboxylic acids is 2. The van der Waals surface area contributed by atoms with Gasteiger partial charge in [-0.3, -0.25) is 4.79 Å². The van der Waals surface area contributed by atoms with Gasteiger partial charge < -0.3 is 15.5 Å². The highest BCUT2D eigenvalue weighted by Crippen LogP contribution is 2.16. The molecule has 0 unspecified atom stereocenters.